The number of benzene rings is 3. The number of thiazole rings is 1. The fourth-order valence-corrected chi connectivity index (χ4v) is 8.32. The molecule has 2 aliphatic heterocycles. The number of sulfonamides is 1. The first-order chi connectivity index (χ1) is 21.2. The summed E-state index contributed by atoms with van der Waals surface area (Å²) in [5.41, 5.74) is 1.74. The van der Waals surface area contributed by atoms with E-state index in [1.165, 1.54) is 18.0 Å². The Morgan fingerprint density at radius 3 is 2.18 bits per heavy atom. The van der Waals surface area contributed by atoms with Crippen molar-refractivity contribution in [2.45, 2.75) is 62.3 Å². The molecule has 2 saturated heterocycles. The highest BCUT2D eigenvalue weighted by Gasteiger charge is 2.40. The molecule has 1 N–H and O–H groups in total. The van der Waals surface area contributed by atoms with Crippen molar-refractivity contribution in [3.63, 3.8) is 0 Å². The summed E-state index contributed by atoms with van der Waals surface area (Å²) < 4.78 is 95.0. The zero-order chi connectivity index (χ0) is 31.0. The molecule has 3 aromatic carbocycles. The van der Waals surface area contributed by atoms with E-state index >= 15 is 17.6 Å². The Balaban J connectivity index is 1.30. The van der Waals surface area contributed by atoms with Gasteiger partial charge in [0.05, 0.1) is 24.9 Å². The summed E-state index contributed by atoms with van der Waals surface area (Å²) in [4.78, 5) is 5.09. The number of hydrogen-bond acceptors (Lipinski definition) is 7. The molecule has 0 aliphatic carbocycles. The van der Waals surface area contributed by atoms with Gasteiger partial charge in [0.2, 0.25) is 0 Å². The Hall–Kier alpha value is -3.68. The molecule has 13 heteroatoms. The van der Waals surface area contributed by atoms with Crippen molar-refractivity contribution >= 4 is 32.9 Å². The third kappa shape index (κ3) is 5.75. The molecular formula is C31H30F4N4O3S2. The lowest BCUT2D eigenvalue weighted by molar-refractivity contribution is 0.239. The van der Waals surface area contributed by atoms with Crippen LogP contribution in [0.15, 0.2) is 64.3 Å². The molecule has 2 aliphatic rings. The third-order valence-corrected chi connectivity index (χ3v) is 10.8. The van der Waals surface area contributed by atoms with Gasteiger partial charge >= 0.3 is 0 Å². The molecule has 7 nitrogen and oxygen atoms in total. The van der Waals surface area contributed by atoms with Crippen LogP contribution in [0.4, 0.5) is 29.1 Å². The minimum absolute atomic E-state index is 0.00744. The molecule has 0 amide bonds. The van der Waals surface area contributed by atoms with E-state index in [4.69, 9.17) is 4.74 Å². The van der Waals surface area contributed by atoms with Gasteiger partial charge in [-0.1, -0.05) is 12.1 Å². The van der Waals surface area contributed by atoms with E-state index in [1.807, 2.05) is 0 Å². The van der Waals surface area contributed by atoms with Gasteiger partial charge in [-0.25, -0.2) is 35.3 Å². The van der Waals surface area contributed by atoms with Crippen LogP contribution in [0, 0.1) is 23.3 Å². The number of nitrogens with one attached hydrogen (secondary N) is 1. The van der Waals surface area contributed by atoms with Crippen LogP contribution in [0.25, 0.3) is 0 Å². The van der Waals surface area contributed by atoms with Gasteiger partial charge in [0.25, 0.3) is 10.0 Å². The summed E-state index contributed by atoms with van der Waals surface area (Å²) in [6.07, 6.45) is 4.07. The quantitative estimate of drug-likeness (QED) is 0.180. The first kappa shape index (κ1) is 30.4. The molecule has 1 aromatic heterocycles. The second-order valence-electron chi connectivity index (χ2n) is 10.9. The molecule has 0 spiro atoms. The first-order valence-corrected chi connectivity index (χ1v) is 16.5. The van der Waals surface area contributed by atoms with Crippen LogP contribution in [0.3, 0.4) is 0 Å². The van der Waals surface area contributed by atoms with E-state index in [1.54, 1.807) is 24.3 Å². The Labute approximate surface area is 257 Å². The molecule has 4 aromatic rings. The number of halogens is 4. The Kier molecular flexibility index (Phi) is 8.53. The SMILES string of the molecule is COc1ccc(CN(c2cscn2)S(=O)(=O)c2c(F)ccc(NCc3c(F)ccc(F)c3CN3C4CCC3CC4)c2F)cc1. The van der Waals surface area contributed by atoms with E-state index in [0.29, 0.717) is 23.4 Å². The van der Waals surface area contributed by atoms with Crippen LogP contribution in [0.5, 0.6) is 5.75 Å². The Morgan fingerprint density at radius 1 is 0.932 bits per heavy atom. The van der Waals surface area contributed by atoms with Crippen LogP contribution in [-0.2, 0) is 29.7 Å². The maximum absolute atomic E-state index is 16.0. The van der Waals surface area contributed by atoms with Crippen LogP contribution in [-0.4, -0.2) is 37.5 Å². The number of nitrogens with zero attached hydrogens (tertiary/aromatic N) is 3. The summed E-state index contributed by atoms with van der Waals surface area (Å²) in [6, 6.07) is 11.2. The van der Waals surface area contributed by atoms with Gasteiger partial charge in [0.1, 0.15) is 23.2 Å². The molecule has 2 bridgehead atoms. The van der Waals surface area contributed by atoms with E-state index in [0.717, 1.165) is 65.6 Å². The van der Waals surface area contributed by atoms with Crippen molar-refractivity contribution in [1.82, 2.24) is 9.88 Å². The minimum Gasteiger partial charge on any atom is -0.497 e. The van der Waals surface area contributed by atoms with Crippen molar-refractivity contribution in [1.29, 1.82) is 0 Å². The fraction of sp³-hybridized carbons (Fsp3) is 0.323. The van der Waals surface area contributed by atoms with Crippen molar-refractivity contribution in [2.24, 2.45) is 0 Å². The average Bonchev–Trinajstić information content (AvgIpc) is 3.77. The molecule has 0 atom stereocenters. The summed E-state index contributed by atoms with van der Waals surface area (Å²) in [5, 5.41) is 4.16. The zero-order valence-corrected chi connectivity index (χ0v) is 25.4. The van der Waals surface area contributed by atoms with Crippen LogP contribution >= 0.6 is 11.3 Å². The molecule has 0 radical (unpaired) electrons. The first-order valence-electron chi connectivity index (χ1n) is 14.1. The fourth-order valence-electron chi connectivity index (χ4n) is 6.17. The monoisotopic (exact) mass is 646 g/mol. The summed E-state index contributed by atoms with van der Waals surface area (Å²) in [7, 11) is -3.34. The van der Waals surface area contributed by atoms with E-state index < -0.39 is 38.2 Å². The lowest BCUT2D eigenvalue weighted by atomic mass is 10.0. The van der Waals surface area contributed by atoms with Crippen LogP contribution < -0.4 is 14.4 Å². The number of anilines is 2. The number of aromatic nitrogens is 1. The third-order valence-electron chi connectivity index (χ3n) is 8.47. The number of ether oxygens (including phenoxy) is 1. The maximum atomic E-state index is 16.0. The molecule has 6 rings (SSSR count). The highest BCUT2D eigenvalue weighted by Crippen LogP contribution is 2.39. The molecule has 0 unspecified atom stereocenters. The second kappa shape index (κ2) is 12.4. The van der Waals surface area contributed by atoms with Gasteiger partial charge < -0.3 is 10.1 Å². The Bertz CT molecular complexity index is 1730. The predicted molar refractivity (Wildman–Crippen MR) is 160 cm³/mol. The zero-order valence-electron chi connectivity index (χ0n) is 23.8. The van der Waals surface area contributed by atoms with Crippen LogP contribution in [0.1, 0.15) is 42.4 Å². The number of rotatable bonds is 11. The lowest BCUT2D eigenvalue weighted by Gasteiger charge is -2.24. The predicted octanol–water partition coefficient (Wildman–Crippen LogP) is 6.84. The highest BCUT2D eigenvalue weighted by molar-refractivity contribution is 7.92. The number of fused-ring (bicyclic) bond motifs is 2. The molecule has 2 fully saturated rings. The average molecular weight is 647 g/mol. The molecule has 0 saturated carbocycles. The van der Waals surface area contributed by atoms with E-state index in [2.05, 4.69) is 15.2 Å². The molecule has 44 heavy (non-hydrogen) atoms. The van der Waals surface area contributed by atoms with Gasteiger partial charge in [0.15, 0.2) is 16.5 Å². The number of hydrogen-bond donors (Lipinski definition) is 1. The topological polar surface area (TPSA) is 74.8 Å². The van der Waals surface area contributed by atoms with Crippen molar-refractivity contribution in [3.8, 4) is 5.75 Å². The second-order valence-corrected chi connectivity index (χ2v) is 13.4. The van der Waals surface area contributed by atoms with Crippen molar-refractivity contribution < 1.29 is 30.7 Å². The molecular weight excluding hydrogens is 616 g/mol. The van der Waals surface area contributed by atoms with E-state index in [9.17, 15) is 8.42 Å². The van der Waals surface area contributed by atoms with Gasteiger partial charge in [-0.3, -0.25) is 4.90 Å². The smallest absolute Gasteiger partial charge is 0.271 e. The molecule has 3 heterocycles. The van der Waals surface area contributed by atoms with Crippen molar-refractivity contribution in [2.75, 3.05) is 16.7 Å². The standard InChI is InChI=1S/C31H30F4N4O3S2/c1-42-22-8-2-19(3-9-22)15-39(29-17-43-18-37-29)44(40,41)31-27(34)12-13-28(30(31)35)36-14-23-24(26(33)11-10-25(23)32)16-38-20-4-5-21(38)7-6-20/h2-3,8-13,17-18,20-21,36H,4-7,14-16H2,1H3. The minimum atomic E-state index is -4.83. The van der Waals surface area contributed by atoms with E-state index in [-0.39, 0.29) is 42.3 Å². The Morgan fingerprint density at radius 2 is 1.57 bits per heavy atom. The number of methoxy groups -OCH3 is 1. The summed E-state index contributed by atoms with van der Waals surface area (Å²) in [6.45, 7) is -0.385. The highest BCUT2D eigenvalue weighted by atomic mass is 32.2. The van der Waals surface area contributed by atoms with Crippen molar-refractivity contribution in [3.05, 3.63) is 99.4 Å². The van der Waals surface area contributed by atoms with Gasteiger partial charge in [-0.05, 0) is 67.6 Å². The largest absolute Gasteiger partial charge is 0.497 e. The summed E-state index contributed by atoms with van der Waals surface area (Å²) >= 11 is 1.13. The normalized spacial score (nSPS) is 18.1. The van der Waals surface area contributed by atoms with Gasteiger partial charge in [0, 0.05) is 41.7 Å². The summed E-state index contributed by atoms with van der Waals surface area (Å²) in [5.74, 6) is -3.38. The lowest BCUT2D eigenvalue weighted by Crippen LogP contribution is -2.32. The maximum Gasteiger partial charge on any atom is 0.271 e. The van der Waals surface area contributed by atoms with Crippen LogP contribution in [0.2, 0.25) is 0 Å². The van der Waals surface area contributed by atoms with Gasteiger partial charge in [-0.2, -0.15) is 0 Å². The van der Waals surface area contributed by atoms with Gasteiger partial charge in [-0.15, -0.1) is 11.3 Å². The molecule has 232 valence electrons.